The van der Waals surface area contributed by atoms with E-state index in [1.165, 1.54) is 21.9 Å². The molecule has 0 radical (unpaired) electrons. The summed E-state index contributed by atoms with van der Waals surface area (Å²) in [6, 6.07) is 41.3. The molecule has 0 nitrogen and oxygen atoms in total. The smallest absolute Gasteiger partial charge is 0.0809 e. The van der Waals surface area contributed by atoms with E-state index in [1.807, 2.05) is 36.4 Å². The van der Waals surface area contributed by atoms with E-state index in [0.29, 0.717) is 0 Å². The Labute approximate surface area is 206 Å². The van der Waals surface area contributed by atoms with Crippen LogP contribution in [0, 0.1) is 13.8 Å². The molecule has 0 spiro atoms. The van der Waals surface area contributed by atoms with Crippen molar-refractivity contribution in [2.24, 2.45) is 0 Å². The predicted octanol–water partition coefficient (Wildman–Crippen LogP) is 8.76. The second-order valence-electron chi connectivity index (χ2n) is 7.41. The van der Waals surface area contributed by atoms with Crippen molar-refractivity contribution in [2.75, 3.05) is 0 Å². The van der Waals surface area contributed by atoms with Gasteiger partial charge >= 0.3 is 111 Å². The maximum Gasteiger partial charge on any atom is -0.0809 e. The molecule has 0 bridgehead atoms. The van der Waals surface area contributed by atoms with Crippen LogP contribution in [0.2, 0.25) is 0 Å². The zero-order valence-corrected chi connectivity index (χ0v) is 22.3. The Kier molecular flexibility index (Phi) is 9.88. The number of aryl methyl sites for hydroxylation is 2. The molecule has 5 rings (SSSR count). The van der Waals surface area contributed by atoms with E-state index in [2.05, 4.69) is 98.8 Å². The Morgan fingerprint density at radius 3 is 1.59 bits per heavy atom. The van der Waals surface area contributed by atoms with Gasteiger partial charge in [-0.15, -0.1) is 29.7 Å². The fourth-order valence-electron chi connectivity index (χ4n) is 3.26. The largest absolute Gasteiger partial charge is 0.168 e. The summed E-state index contributed by atoms with van der Waals surface area (Å²) in [7, 11) is 12.5. The first-order valence-corrected chi connectivity index (χ1v) is 18.1. The Morgan fingerprint density at radius 1 is 0.656 bits per heavy atom. The van der Waals surface area contributed by atoms with Gasteiger partial charge in [0.2, 0.25) is 0 Å². The fourth-order valence-corrected chi connectivity index (χ4v) is 7.74. The van der Waals surface area contributed by atoms with Crippen molar-refractivity contribution in [1.82, 2.24) is 0 Å². The number of hydrogen-bond acceptors (Lipinski definition) is 0. The fraction of sp³-hybridized carbons (Fsp3) is 0.0690. The zero-order valence-electron chi connectivity index (χ0n) is 18.3. The number of rotatable bonds is 2. The Morgan fingerprint density at radius 2 is 1.16 bits per heavy atom. The molecule has 0 atom stereocenters. The van der Waals surface area contributed by atoms with Gasteiger partial charge in [0.1, 0.15) is 0 Å². The normalized spacial score (nSPS) is 9.88. The maximum atomic E-state index is 6.24. The van der Waals surface area contributed by atoms with Crippen molar-refractivity contribution in [3.63, 3.8) is 0 Å². The summed E-state index contributed by atoms with van der Waals surface area (Å²) in [5.41, 5.74) is 5.07. The molecular weight excluding hydrogens is 510 g/mol. The minimum Gasteiger partial charge on any atom is -0.168 e. The molecule has 32 heavy (non-hydrogen) atoms. The summed E-state index contributed by atoms with van der Waals surface area (Å²) in [4.78, 5) is 0. The van der Waals surface area contributed by atoms with Gasteiger partial charge in [0.25, 0.3) is 0 Å². The molecule has 0 aromatic heterocycles. The van der Waals surface area contributed by atoms with Crippen LogP contribution in [0.4, 0.5) is 0 Å². The first-order valence-electron chi connectivity index (χ1n) is 10.5. The summed E-state index contributed by atoms with van der Waals surface area (Å²) in [5.74, 6) is 0. The molecule has 5 aromatic carbocycles. The molecule has 0 aliphatic carbocycles. The monoisotopic (exact) mass is 534 g/mol. The van der Waals surface area contributed by atoms with Crippen molar-refractivity contribution in [1.29, 1.82) is 0 Å². The van der Waals surface area contributed by atoms with Gasteiger partial charge in [0.15, 0.2) is 0 Å². The molecule has 0 heterocycles. The average molecular weight is 537 g/mol. The van der Waals surface area contributed by atoms with Gasteiger partial charge in [-0.1, -0.05) is 19.9 Å². The van der Waals surface area contributed by atoms with E-state index in [4.69, 9.17) is 17.0 Å². The van der Waals surface area contributed by atoms with Crippen LogP contribution in [0.3, 0.4) is 0 Å². The van der Waals surface area contributed by atoms with E-state index in [9.17, 15) is 0 Å². The molecule has 0 aliphatic heterocycles. The zero-order chi connectivity index (χ0) is 22.8. The van der Waals surface area contributed by atoms with Crippen molar-refractivity contribution in [3.8, 4) is 0 Å². The molecule has 3 heteroatoms. The van der Waals surface area contributed by atoms with Crippen molar-refractivity contribution in [3.05, 3.63) is 144 Å². The van der Waals surface area contributed by atoms with Gasteiger partial charge < -0.3 is 0 Å². The second kappa shape index (κ2) is 12.9. The van der Waals surface area contributed by atoms with Gasteiger partial charge in [-0.25, -0.2) is 0 Å². The standard InChI is InChI=1S/C13H10.C9H7.C7H9.2ClH.Zr/c1-3-7-12(8-4-1)11-13-9-5-2-6-10-13;1-2-5-9-7-3-6-8(9)4-1;1-6-4-3-5-7(6)2;;;/h1-10H;1-7H;3-5H,1-2H3;2*1H;/q;2*-1;;;+2/p-2. The molecule has 0 saturated carbocycles. The van der Waals surface area contributed by atoms with Crippen LogP contribution in [-0.4, -0.2) is 3.21 Å². The van der Waals surface area contributed by atoms with Crippen LogP contribution in [0.5, 0.6) is 0 Å². The number of halogens is 2. The Bertz CT molecular complexity index is 1160. The van der Waals surface area contributed by atoms with E-state index < -0.39 is 18.9 Å². The van der Waals surface area contributed by atoms with E-state index in [1.54, 1.807) is 0 Å². The van der Waals surface area contributed by atoms with Crippen LogP contribution in [0.15, 0.2) is 121 Å². The number of fused-ring (bicyclic) bond motifs is 1. The predicted molar refractivity (Wildman–Crippen MR) is 139 cm³/mol. The molecule has 0 saturated heterocycles. The first kappa shape index (κ1) is 24.6. The van der Waals surface area contributed by atoms with Crippen LogP contribution in [0.1, 0.15) is 22.3 Å². The Hall–Kier alpha value is -2.05. The molecule has 0 fully saturated rings. The summed E-state index contributed by atoms with van der Waals surface area (Å²) < 4.78 is 1.15. The molecule has 0 unspecified atom stereocenters. The van der Waals surface area contributed by atoms with Gasteiger partial charge in [0, 0.05) is 0 Å². The summed E-state index contributed by atoms with van der Waals surface area (Å²) in [6.07, 6.45) is 0. The second-order valence-corrected chi connectivity index (χ2v) is 15.5. The molecule has 0 aliphatic rings. The van der Waals surface area contributed by atoms with Gasteiger partial charge in [0.05, 0.1) is 0 Å². The topological polar surface area (TPSA) is 0 Å². The molecular formula is C29H26Cl2Zr-2. The summed E-state index contributed by atoms with van der Waals surface area (Å²) in [6.45, 7) is 4.24. The molecule has 0 N–H and O–H groups in total. The van der Waals surface area contributed by atoms with Crippen LogP contribution < -0.4 is 0 Å². The van der Waals surface area contributed by atoms with Crippen molar-refractivity contribution >= 4 is 31.0 Å². The molecule has 5 aromatic rings. The molecule has 162 valence electrons. The SMILES string of the molecule is Cc1c[cH-]cc1C.[Cl][Zr]([Cl])=[C](c1ccccc1)c1ccccc1.c1ccc2[cH-]ccc2c1. The number of benzene rings is 3. The average Bonchev–Trinajstić information content (AvgIpc) is 3.45. The van der Waals surface area contributed by atoms with E-state index in [0.717, 1.165) is 14.3 Å². The van der Waals surface area contributed by atoms with Crippen molar-refractivity contribution in [2.45, 2.75) is 13.8 Å². The maximum absolute atomic E-state index is 6.24. The summed E-state index contributed by atoms with van der Waals surface area (Å²) in [5, 5.41) is 2.66. The van der Waals surface area contributed by atoms with Crippen molar-refractivity contribution < 1.29 is 18.9 Å². The Balaban J connectivity index is 0.000000151. The van der Waals surface area contributed by atoms with Gasteiger partial charge in [-0.3, -0.25) is 0 Å². The van der Waals surface area contributed by atoms with Gasteiger partial charge in [-0.2, -0.15) is 46.8 Å². The minimum absolute atomic E-state index is 1.15. The van der Waals surface area contributed by atoms with Crippen LogP contribution in [0.25, 0.3) is 10.8 Å². The third-order valence-electron chi connectivity index (χ3n) is 5.18. The quantitative estimate of drug-likeness (QED) is 0.198. The number of hydrogen-bond donors (Lipinski definition) is 0. The molecule has 0 amide bonds. The third kappa shape index (κ3) is 7.24. The van der Waals surface area contributed by atoms with Crippen LogP contribution in [-0.2, 0) is 18.9 Å². The first-order chi connectivity index (χ1) is 15.6. The van der Waals surface area contributed by atoms with Crippen LogP contribution >= 0.6 is 17.0 Å². The minimum atomic E-state index is -2.44. The third-order valence-corrected chi connectivity index (χ3v) is 9.76. The van der Waals surface area contributed by atoms with Gasteiger partial charge in [-0.05, 0) is 0 Å². The summed E-state index contributed by atoms with van der Waals surface area (Å²) >= 11 is -2.44. The van der Waals surface area contributed by atoms with E-state index in [-0.39, 0.29) is 0 Å². The van der Waals surface area contributed by atoms with E-state index >= 15 is 0 Å².